The van der Waals surface area contributed by atoms with E-state index in [1.165, 1.54) is 0 Å². The monoisotopic (exact) mass is 389 g/mol. The number of fused-ring (bicyclic) bond motifs is 2. The van der Waals surface area contributed by atoms with Gasteiger partial charge in [0.15, 0.2) is 5.65 Å². The molecule has 7 heteroatoms. The molecule has 0 amide bonds. The van der Waals surface area contributed by atoms with Crippen molar-refractivity contribution in [2.24, 2.45) is 0 Å². The SMILES string of the molecule is Cc1cn2cc(-c3cc4ccc(N[C@@H]5CCN(C)C5)cc4oc3=O)nc2c(C)n1. The third-order valence-electron chi connectivity index (χ3n) is 5.50. The molecule has 0 saturated carbocycles. The van der Waals surface area contributed by atoms with Gasteiger partial charge in [0.25, 0.3) is 0 Å². The lowest BCUT2D eigenvalue weighted by molar-refractivity contribution is 0.414. The minimum Gasteiger partial charge on any atom is -0.422 e. The van der Waals surface area contributed by atoms with E-state index in [2.05, 4.69) is 27.2 Å². The Morgan fingerprint density at radius 1 is 1.17 bits per heavy atom. The van der Waals surface area contributed by atoms with Crippen molar-refractivity contribution < 1.29 is 4.42 Å². The van der Waals surface area contributed by atoms with Gasteiger partial charge in [-0.25, -0.2) is 9.78 Å². The van der Waals surface area contributed by atoms with E-state index in [9.17, 15) is 4.79 Å². The van der Waals surface area contributed by atoms with E-state index in [4.69, 9.17) is 4.42 Å². The number of hydrogen-bond acceptors (Lipinski definition) is 6. The molecular formula is C22H23N5O2. The largest absolute Gasteiger partial charge is 0.422 e. The molecule has 0 spiro atoms. The molecule has 148 valence electrons. The molecule has 1 aromatic carbocycles. The highest BCUT2D eigenvalue weighted by Gasteiger charge is 2.19. The van der Waals surface area contributed by atoms with Crippen LogP contribution in [0.1, 0.15) is 17.8 Å². The van der Waals surface area contributed by atoms with Crippen molar-refractivity contribution in [1.82, 2.24) is 19.3 Å². The molecule has 1 N–H and O–H groups in total. The number of nitrogens with zero attached hydrogens (tertiary/aromatic N) is 4. The van der Waals surface area contributed by atoms with Gasteiger partial charge < -0.3 is 19.0 Å². The first-order chi connectivity index (χ1) is 14.0. The highest BCUT2D eigenvalue weighted by Crippen LogP contribution is 2.25. The van der Waals surface area contributed by atoms with Crippen LogP contribution in [0.15, 0.2) is 45.9 Å². The zero-order chi connectivity index (χ0) is 20.1. The molecule has 29 heavy (non-hydrogen) atoms. The van der Waals surface area contributed by atoms with Crippen LogP contribution in [0, 0.1) is 13.8 Å². The van der Waals surface area contributed by atoms with Gasteiger partial charge in [-0.3, -0.25) is 4.98 Å². The van der Waals surface area contributed by atoms with Crippen LogP contribution < -0.4 is 10.9 Å². The molecule has 0 radical (unpaired) electrons. The molecule has 1 aliphatic rings. The van der Waals surface area contributed by atoms with Crippen molar-refractivity contribution >= 4 is 22.3 Å². The normalized spacial score (nSPS) is 17.4. The Labute approximate surface area is 168 Å². The Kier molecular flexibility index (Phi) is 4.13. The lowest BCUT2D eigenvalue weighted by atomic mass is 10.1. The number of nitrogens with one attached hydrogen (secondary N) is 1. The second-order valence-corrected chi connectivity index (χ2v) is 7.92. The highest BCUT2D eigenvalue weighted by molar-refractivity contribution is 5.84. The predicted molar refractivity (Wildman–Crippen MR) is 113 cm³/mol. The second kappa shape index (κ2) is 6.70. The topological polar surface area (TPSA) is 75.7 Å². The smallest absolute Gasteiger partial charge is 0.345 e. The molecule has 0 unspecified atom stereocenters. The third-order valence-corrected chi connectivity index (χ3v) is 5.50. The summed E-state index contributed by atoms with van der Waals surface area (Å²) in [5, 5.41) is 4.40. The summed E-state index contributed by atoms with van der Waals surface area (Å²) in [7, 11) is 2.13. The first kappa shape index (κ1) is 17.9. The number of hydrogen-bond donors (Lipinski definition) is 1. The van der Waals surface area contributed by atoms with Gasteiger partial charge in [0.1, 0.15) is 5.58 Å². The van der Waals surface area contributed by atoms with E-state index < -0.39 is 0 Å². The first-order valence-electron chi connectivity index (χ1n) is 9.82. The Hall–Kier alpha value is -3.19. The molecule has 3 aromatic heterocycles. The van der Waals surface area contributed by atoms with Crippen molar-refractivity contribution in [2.45, 2.75) is 26.3 Å². The van der Waals surface area contributed by atoms with Crippen molar-refractivity contribution in [1.29, 1.82) is 0 Å². The molecule has 1 saturated heterocycles. The van der Waals surface area contributed by atoms with Gasteiger partial charge in [-0.1, -0.05) is 0 Å². The molecule has 1 atom stereocenters. The molecular weight excluding hydrogens is 366 g/mol. The Morgan fingerprint density at radius 2 is 2.03 bits per heavy atom. The standard InChI is InChI=1S/C22H23N5O2/c1-13-10-27-12-19(25-21(27)14(2)23-13)18-8-15-4-5-16(9-20(15)29-22(18)28)24-17-6-7-26(3)11-17/h4-5,8-10,12,17,24H,6-7,11H2,1-3H3/t17-/m1/s1. The summed E-state index contributed by atoms with van der Waals surface area (Å²) in [6.07, 6.45) is 4.86. The number of likely N-dealkylation sites (tertiary alicyclic amines) is 1. The number of aryl methyl sites for hydroxylation is 2. The fourth-order valence-electron chi connectivity index (χ4n) is 4.10. The quantitative estimate of drug-likeness (QED) is 0.542. The lowest BCUT2D eigenvalue weighted by Crippen LogP contribution is -2.23. The van der Waals surface area contributed by atoms with E-state index >= 15 is 0 Å². The van der Waals surface area contributed by atoms with Crippen molar-refractivity contribution in [3.8, 4) is 11.3 Å². The summed E-state index contributed by atoms with van der Waals surface area (Å²) in [6, 6.07) is 8.19. The number of rotatable bonds is 3. The minimum absolute atomic E-state index is 0.388. The Morgan fingerprint density at radius 3 is 2.83 bits per heavy atom. The summed E-state index contributed by atoms with van der Waals surface area (Å²) in [5.41, 5.74) is 4.68. The fraction of sp³-hybridized carbons (Fsp3) is 0.318. The molecule has 0 aliphatic carbocycles. The van der Waals surface area contributed by atoms with Gasteiger partial charge in [0, 0.05) is 42.1 Å². The summed E-state index contributed by atoms with van der Waals surface area (Å²) in [4.78, 5) is 24.1. The van der Waals surface area contributed by atoms with Crippen LogP contribution in [0.3, 0.4) is 0 Å². The zero-order valence-corrected chi connectivity index (χ0v) is 16.8. The van der Waals surface area contributed by atoms with Gasteiger partial charge in [0.05, 0.1) is 22.6 Å². The maximum atomic E-state index is 12.7. The van der Waals surface area contributed by atoms with Crippen LogP contribution in [-0.4, -0.2) is 45.4 Å². The Balaban J connectivity index is 1.52. The van der Waals surface area contributed by atoms with Crippen molar-refractivity contribution in [3.05, 3.63) is 58.5 Å². The fourth-order valence-corrected chi connectivity index (χ4v) is 4.10. The molecule has 4 aromatic rings. The van der Waals surface area contributed by atoms with E-state index in [0.717, 1.165) is 47.6 Å². The van der Waals surface area contributed by atoms with Gasteiger partial charge in [-0.15, -0.1) is 0 Å². The van der Waals surface area contributed by atoms with Gasteiger partial charge in [-0.2, -0.15) is 0 Å². The van der Waals surface area contributed by atoms with Crippen molar-refractivity contribution in [3.63, 3.8) is 0 Å². The molecule has 1 aliphatic heterocycles. The van der Waals surface area contributed by atoms with E-state index in [1.807, 2.05) is 54.9 Å². The van der Waals surface area contributed by atoms with Crippen LogP contribution in [-0.2, 0) is 0 Å². The van der Waals surface area contributed by atoms with Gasteiger partial charge in [-0.05, 0) is 52.1 Å². The maximum Gasteiger partial charge on any atom is 0.345 e. The summed E-state index contributed by atoms with van der Waals surface area (Å²) < 4.78 is 7.56. The van der Waals surface area contributed by atoms with E-state index in [-0.39, 0.29) is 5.63 Å². The predicted octanol–water partition coefficient (Wildman–Crippen LogP) is 3.24. The number of likely N-dealkylation sites (N-methyl/N-ethyl adjacent to an activating group) is 1. The minimum atomic E-state index is -0.388. The second-order valence-electron chi connectivity index (χ2n) is 7.92. The van der Waals surface area contributed by atoms with Gasteiger partial charge >= 0.3 is 5.63 Å². The van der Waals surface area contributed by atoms with Crippen LogP contribution in [0.2, 0.25) is 0 Å². The molecule has 4 heterocycles. The van der Waals surface area contributed by atoms with Crippen molar-refractivity contribution in [2.75, 3.05) is 25.5 Å². The zero-order valence-electron chi connectivity index (χ0n) is 16.8. The Bertz CT molecular complexity index is 1290. The highest BCUT2D eigenvalue weighted by atomic mass is 16.4. The molecule has 5 rings (SSSR count). The molecule has 7 nitrogen and oxygen atoms in total. The van der Waals surface area contributed by atoms with Crippen LogP contribution in [0.4, 0.5) is 5.69 Å². The van der Waals surface area contributed by atoms with Gasteiger partial charge in [0.2, 0.25) is 0 Å². The van der Waals surface area contributed by atoms with E-state index in [1.54, 1.807) is 0 Å². The number of anilines is 1. The number of imidazole rings is 1. The summed E-state index contributed by atoms with van der Waals surface area (Å²) >= 11 is 0. The lowest BCUT2D eigenvalue weighted by Gasteiger charge is -2.14. The van der Waals surface area contributed by atoms with Crippen LogP contribution in [0.5, 0.6) is 0 Å². The summed E-state index contributed by atoms with van der Waals surface area (Å²) in [5.74, 6) is 0. The third kappa shape index (κ3) is 3.27. The number of aromatic nitrogens is 3. The number of benzene rings is 1. The maximum absolute atomic E-state index is 12.7. The van der Waals surface area contributed by atoms with E-state index in [0.29, 0.717) is 22.9 Å². The average Bonchev–Trinajstić information content (AvgIpc) is 3.27. The molecule has 1 fully saturated rings. The first-order valence-corrected chi connectivity index (χ1v) is 9.82. The summed E-state index contributed by atoms with van der Waals surface area (Å²) in [6.45, 7) is 5.96. The van der Waals surface area contributed by atoms with Crippen LogP contribution >= 0.6 is 0 Å². The molecule has 0 bridgehead atoms. The average molecular weight is 389 g/mol. The van der Waals surface area contributed by atoms with Crippen LogP contribution in [0.25, 0.3) is 27.9 Å².